The lowest BCUT2D eigenvalue weighted by molar-refractivity contribution is -0.145. The summed E-state index contributed by atoms with van der Waals surface area (Å²) in [5.74, 6) is -0.417. The highest BCUT2D eigenvalue weighted by molar-refractivity contribution is 5.74. The van der Waals surface area contributed by atoms with Crippen molar-refractivity contribution in [1.82, 2.24) is 5.06 Å². The number of methoxy groups -OCH3 is 1. The van der Waals surface area contributed by atoms with Gasteiger partial charge in [-0.2, -0.15) is 5.06 Å². The monoisotopic (exact) mass is 209 g/mol. The Morgan fingerprint density at radius 1 is 1.67 bits per heavy atom. The molecule has 0 N–H and O–H groups in total. The third-order valence-electron chi connectivity index (χ3n) is 2.88. The smallest absolute Gasteiger partial charge is 0.313 e. The highest BCUT2D eigenvalue weighted by atomic mass is 16.7. The zero-order valence-electron chi connectivity index (χ0n) is 8.97. The van der Waals surface area contributed by atoms with Crippen LogP contribution in [-0.2, 0) is 14.4 Å². The predicted octanol–water partition coefficient (Wildman–Crippen LogP) is 0.907. The van der Waals surface area contributed by atoms with Crippen LogP contribution in [0.3, 0.4) is 0 Å². The molecule has 0 radical (unpaired) electrons. The summed E-state index contributed by atoms with van der Waals surface area (Å²) in [6.45, 7) is 0.402. The maximum Gasteiger partial charge on any atom is 0.313 e. The molecule has 0 aromatic rings. The molecule has 2 atom stereocenters. The predicted molar refractivity (Wildman–Crippen MR) is 54.8 cm³/mol. The van der Waals surface area contributed by atoms with Crippen LogP contribution < -0.4 is 0 Å². The van der Waals surface area contributed by atoms with Gasteiger partial charge in [-0.3, -0.25) is 9.63 Å². The molecule has 2 rings (SSSR count). The van der Waals surface area contributed by atoms with E-state index in [0.717, 1.165) is 12.0 Å². The van der Waals surface area contributed by atoms with E-state index in [9.17, 15) is 4.79 Å². The fraction of sp³-hybridized carbons (Fsp3) is 0.545. The highest BCUT2D eigenvalue weighted by Crippen LogP contribution is 2.29. The summed E-state index contributed by atoms with van der Waals surface area (Å²) in [7, 11) is 3.26. The van der Waals surface area contributed by atoms with Crippen molar-refractivity contribution < 1.29 is 14.4 Å². The highest BCUT2D eigenvalue weighted by Gasteiger charge is 2.40. The van der Waals surface area contributed by atoms with Crippen LogP contribution in [0.5, 0.6) is 0 Å². The van der Waals surface area contributed by atoms with Crippen LogP contribution >= 0.6 is 0 Å². The third kappa shape index (κ3) is 1.82. The van der Waals surface area contributed by atoms with Crippen molar-refractivity contribution in [3.05, 3.63) is 23.8 Å². The van der Waals surface area contributed by atoms with Gasteiger partial charge in [0.2, 0.25) is 0 Å². The molecule has 2 aliphatic rings. The van der Waals surface area contributed by atoms with Crippen molar-refractivity contribution in [2.75, 3.05) is 20.8 Å². The number of allylic oxidation sites excluding steroid dienone is 2. The molecular formula is C11H15NO3. The fourth-order valence-electron chi connectivity index (χ4n) is 2.11. The second-order valence-corrected chi connectivity index (χ2v) is 3.76. The number of hydroxylamine groups is 2. The van der Waals surface area contributed by atoms with E-state index in [0.29, 0.717) is 6.61 Å². The van der Waals surface area contributed by atoms with E-state index in [2.05, 4.69) is 12.2 Å². The second-order valence-electron chi connectivity index (χ2n) is 3.76. The standard InChI is InChI=1S/C11H15NO3/c1-12-10(8-5-3-4-6-8)9(7-15-12)11(13)14-2/h3,5-6,9-10H,4,7H2,1-2H3/t9-,10-/m1/s1. The molecule has 1 saturated heterocycles. The molecule has 0 aromatic carbocycles. The van der Waals surface area contributed by atoms with Gasteiger partial charge in [0.1, 0.15) is 5.92 Å². The molecule has 1 aliphatic heterocycles. The van der Waals surface area contributed by atoms with Gasteiger partial charge >= 0.3 is 5.97 Å². The number of nitrogens with zero attached hydrogens (tertiary/aromatic N) is 1. The number of hydrogen-bond acceptors (Lipinski definition) is 4. The summed E-state index contributed by atoms with van der Waals surface area (Å²) in [6.07, 6.45) is 7.18. The van der Waals surface area contributed by atoms with Crippen LogP contribution in [0, 0.1) is 5.92 Å². The van der Waals surface area contributed by atoms with Crippen molar-refractivity contribution in [3.63, 3.8) is 0 Å². The molecule has 0 aromatic heterocycles. The summed E-state index contributed by atoms with van der Waals surface area (Å²) in [5, 5.41) is 1.74. The molecule has 82 valence electrons. The first-order chi connectivity index (χ1) is 7.24. The molecular weight excluding hydrogens is 194 g/mol. The van der Waals surface area contributed by atoms with Crippen LogP contribution in [0.1, 0.15) is 6.42 Å². The normalized spacial score (nSPS) is 30.7. The Kier molecular flexibility index (Phi) is 2.88. The lowest BCUT2D eigenvalue weighted by atomic mass is 9.95. The number of hydrogen-bond donors (Lipinski definition) is 0. The number of ether oxygens (including phenoxy) is 1. The Hall–Kier alpha value is -1.13. The largest absolute Gasteiger partial charge is 0.469 e. The minimum atomic E-state index is -0.214. The third-order valence-corrected chi connectivity index (χ3v) is 2.88. The van der Waals surface area contributed by atoms with Gasteiger partial charge < -0.3 is 4.74 Å². The van der Waals surface area contributed by atoms with Crippen LogP contribution in [0.4, 0.5) is 0 Å². The zero-order chi connectivity index (χ0) is 10.8. The molecule has 0 unspecified atom stereocenters. The van der Waals surface area contributed by atoms with Gasteiger partial charge in [0.25, 0.3) is 0 Å². The maximum absolute atomic E-state index is 11.5. The average Bonchev–Trinajstić information content (AvgIpc) is 2.85. The topological polar surface area (TPSA) is 38.8 Å². The number of carbonyl (C=O) groups is 1. The van der Waals surface area contributed by atoms with Crippen LogP contribution in [0.25, 0.3) is 0 Å². The van der Waals surface area contributed by atoms with Gasteiger partial charge in [-0.1, -0.05) is 18.2 Å². The SMILES string of the molecule is COC(=O)[C@@H]1CON(C)[C@@H]1C1=CCC=C1. The summed E-state index contributed by atoms with van der Waals surface area (Å²) in [4.78, 5) is 16.9. The van der Waals surface area contributed by atoms with Gasteiger partial charge in [-0.15, -0.1) is 0 Å². The molecule has 4 heteroatoms. The summed E-state index contributed by atoms with van der Waals surface area (Å²) >= 11 is 0. The Balaban J connectivity index is 2.18. The molecule has 1 aliphatic carbocycles. The van der Waals surface area contributed by atoms with Crippen LogP contribution in [0.2, 0.25) is 0 Å². The van der Waals surface area contributed by atoms with Gasteiger partial charge in [-0.25, -0.2) is 0 Å². The van der Waals surface area contributed by atoms with E-state index < -0.39 is 0 Å². The minimum Gasteiger partial charge on any atom is -0.469 e. The Morgan fingerprint density at radius 2 is 2.47 bits per heavy atom. The lowest BCUT2D eigenvalue weighted by Crippen LogP contribution is -2.34. The molecule has 1 heterocycles. The quantitative estimate of drug-likeness (QED) is 0.634. The van der Waals surface area contributed by atoms with Gasteiger partial charge in [0, 0.05) is 7.05 Å². The van der Waals surface area contributed by atoms with Crippen molar-refractivity contribution in [2.24, 2.45) is 5.92 Å². The first-order valence-corrected chi connectivity index (χ1v) is 5.04. The maximum atomic E-state index is 11.5. The second kappa shape index (κ2) is 4.16. The van der Waals surface area contributed by atoms with E-state index >= 15 is 0 Å². The minimum absolute atomic E-state index is 0.00352. The van der Waals surface area contributed by atoms with E-state index in [1.165, 1.54) is 7.11 Å². The lowest BCUT2D eigenvalue weighted by Gasteiger charge is -2.21. The molecule has 0 spiro atoms. The number of carbonyl (C=O) groups excluding carboxylic acids is 1. The number of rotatable bonds is 2. The van der Waals surface area contributed by atoms with E-state index in [-0.39, 0.29) is 17.9 Å². The number of esters is 1. The van der Waals surface area contributed by atoms with Crippen molar-refractivity contribution in [2.45, 2.75) is 12.5 Å². The van der Waals surface area contributed by atoms with Crippen molar-refractivity contribution >= 4 is 5.97 Å². The molecule has 0 amide bonds. The molecule has 1 fully saturated rings. The Morgan fingerprint density at radius 3 is 3.07 bits per heavy atom. The molecule has 15 heavy (non-hydrogen) atoms. The average molecular weight is 209 g/mol. The Bertz CT molecular complexity index is 322. The summed E-state index contributed by atoms with van der Waals surface area (Å²) in [5.41, 5.74) is 1.14. The summed E-state index contributed by atoms with van der Waals surface area (Å²) < 4.78 is 4.78. The first-order valence-electron chi connectivity index (χ1n) is 5.04. The van der Waals surface area contributed by atoms with E-state index in [4.69, 9.17) is 9.57 Å². The van der Waals surface area contributed by atoms with Crippen LogP contribution in [0.15, 0.2) is 23.8 Å². The van der Waals surface area contributed by atoms with Crippen molar-refractivity contribution in [3.8, 4) is 0 Å². The first kappa shape index (κ1) is 10.4. The van der Waals surface area contributed by atoms with Gasteiger partial charge in [-0.05, 0) is 12.0 Å². The van der Waals surface area contributed by atoms with Crippen molar-refractivity contribution in [1.29, 1.82) is 0 Å². The molecule has 4 nitrogen and oxygen atoms in total. The number of likely N-dealkylation sites (N-methyl/N-ethyl adjacent to an activating group) is 1. The summed E-state index contributed by atoms with van der Waals surface area (Å²) in [6, 6.07) is -0.00352. The zero-order valence-corrected chi connectivity index (χ0v) is 8.97. The van der Waals surface area contributed by atoms with Gasteiger partial charge in [0.05, 0.1) is 19.8 Å². The van der Waals surface area contributed by atoms with E-state index in [1.807, 2.05) is 13.1 Å². The fourth-order valence-corrected chi connectivity index (χ4v) is 2.11. The Labute approximate surface area is 89.1 Å². The molecule has 0 saturated carbocycles. The molecule has 0 bridgehead atoms. The van der Waals surface area contributed by atoms with Gasteiger partial charge in [0.15, 0.2) is 0 Å². The van der Waals surface area contributed by atoms with E-state index in [1.54, 1.807) is 5.06 Å². The van der Waals surface area contributed by atoms with Crippen LogP contribution in [-0.4, -0.2) is 37.8 Å².